The second-order valence-electron chi connectivity index (χ2n) is 7.74. The van der Waals surface area contributed by atoms with Crippen LogP contribution >= 0.6 is 0 Å². The number of hydrogen-bond acceptors (Lipinski definition) is 3. The van der Waals surface area contributed by atoms with Crippen LogP contribution in [0.3, 0.4) is 0 Å². The summed E-state index contributed by atoms with van der Waals surface area (Å²) in [7, 11) is 0. The number of carbonyl (C=O) groups is 1. The van der Waals surface area contributed by atoms with Gasteiger partial charge in [0.05, 0.1) is 0 Å². The number of hydrogen-bond donors (Lipinski definition) is 1. The van der Waals surface area contributed by atoms with Crippen molar-refractivity contribution >= 4 is 11.6 Å². The molecule has 1 aromatic carbocycles. The van der Waals surface area contributed by atoms with Gasteiger partial charge in [-0.3, -0.25) is 4.79 Å². The molecule has 0 saturated carbocycles. The van der Waals surface area contributed by atoms with Crippen molar-refractivity contribution in [2.24, 2.45) is 5.92 Å². The third-order valence-electron chi connectivity index (χ3n) is 6.00. The number of para-hydroxylation sites is 1. The predicted octanol–water partition coefficient (Wildman–Crippen LogP) is 2.65. The molecular formula is C20H29N3O. The van der Waals surface area contributed by atoms with Crippen LogP contribution in [0.1, 0.15) is 38.5 Å². The van der Waals surface area contributed by atoms with Gasteiger partial charge in [0.25, 0.3) is 0 Å². The highest BCUT2D eigenvalue weighted by molar-refractivity contribution is 5.76. The topological polar surface area (TPSA) is 35.6 Å². The predicted molar refractivity (Wildman–Crippen MR) is 97.1 cm³/mol. The van der Waals surface area contributed by atoms with Crippen molar-refractivity contribution in [1.29, 1.82) is 0 Å². The highest BCUT2D eigenvalue weighted by Gasteiger charge is 2.35. The van der Waals surface area contributed by atoms with Crippen LogP contribution in [0.25, 0.3) is 0 Å². The average molecular weight is 327 g/mol. The normalized spacial score (nSPS) is 30.2. The van der Waals surface area contributed by atoms with Gasteiger partial charge in [-0.25, -0.2) is 0 Å². The van der Waals surface area contributed by atoms with Crippen molar-refractivity contribution in [2.75, 3.05) is 31.1 Å². The lowest BCUT2D eigenvalue weighted by atomic mass is 9.89. The minimum absolute atomic E-state index is 0.385. The van der Waals surface area contributed by atoms with Crippen molar-refractivity contribution in [3.63, 3.8) is 0 Å². The number of piperidine rings is 1. The van der Waals surface area contributed by atoms with Crippen LogP contribution in [-0.4, -0.2) is 49.1 Å². The molecule has 3 aliphatic rings. The number of fused-ring (bicyclic) bond motifs is 2. The molecule has 3 aliphatic heterocycles. The van der Waals surface area contributed by atoms with Crippen LogP contribution < -0.4 is 10.2 Å². The molecule has 1 amide bonds. The molecular weight excluding hydrogens is 298 g/mol. The summed E-state index contributed by atoms with van der Waals surface area (Å²) in [5.74, 6) is 0.987. The Labute approximate surface area is 145 Å². The fraction of sp³-hybridized carbons (Fsp3) is 0.650. The average Bonchev–Trinajstić information content (AvgIpc) is 2.82. The lowest BCUT2D eigenvalue weighted by molar-refractivity contribution is -0.132. The standard InChI is InChI=1S/C20H29N3O/c24-20(15-16-13-17-7-8-18(14-16)21-17)23-10-4-9-22(11-12-23)19-5-2-1-3-6-19/h1-3,5-6,16-18,21H,4,7-15H2. The lowest BCUT2D eigenvalue weighted by Crippen LogP contribution is -2.41. The summed E-state index contributed by atoms with van der Waals surface area (Å²) in [6, 6.07) is 11.9. The van der Waals surface area contributed by atoms with Crippen LogP contribution in [0.2, 0.25) is 0 Å². The fourth-order valence-electron chi connectivity index (χ4n) is 4.78. The van der Waals surface area contributed by atoms with Crippen molar-refractivity contribution in [3.05, 3.63) is 30.3 Å². The van der Waals surface area contributed by atoms with Gasteiger partial charge < -0.3 is 15.1 Å². The van der Waals surface area contributed by atoms with E-state index in [1.807, 2.05) is 0 Å². The molecule has 1 N–H and O–H groups in total. The summed E-state index contributed by atoms with van der Waals surface area (Å²) in [5, 5.41) is 3.68. The summed E-state index contributed by atoms with van der Waals surface area (Å²) in [4.78, 5) is 17.3. The molecule has 4 heteroatoms. The van der Waals surface area contributed by atoms with E-state index in [1.165, 1.54) is 31.4 Å². The molecule has 2 bridgehead atoms. The fourth-order valence-corrected chi connectivity index (χ4v) is 4.78. The van der Waals surface area contributed by atoms with Crippen molar-refractivity contribution in [2.45, 2.75) is 50.6 Å². The molecule has 3 fully saturated rings. The van der Waals surface area contributed by atoms with Gasteiger partial charge in [0.1, 0.15) is 0 Å². The molecule has 4 rings (SSSR count). The summed E-state index contributed by atoms with van der Waals surface area (Å²) < 4.78 is 0. The molecule has 130 valence electrons. The van der Waals surface area contributed by atoms with Crippen molar-refractivity contribution < 1.29 is 4.79 Å². The van der Waals surface area contributed by atoms with E-state index in [1.54, 1.807) is 0 Å². The van der Waals surface area contributed by atoms with Gasteiger partial charge in [0.15, 0.2) is 0 Å². The number of anilines is 1. The Morgan fingerprint density at radius 3 is 2.50 bits per heavy atom. The van der Waals surface area contributed by atoms with E-state index in [-0.39, 0.29) is 0 Å². The zero-order chi connectivity index (χ0) is 16.4. The Hall–Kier alpha value is -1.55. The zero-order valence-electron chi connectivity index (χ0n) is 14.5. The largest absolute Gasteiger partial charge is 0.370 e. The third-order valence-corrected chi connectivity index (χ3v) is 6.00. The Kier molecular flexibility index (Phi) is 4.74. The minimum Gasteiger partial charge on any atom is -0.370 e. The van der Waals surface area contributed by atoms with Crippen LogP contribution in [0, 0.1) is 5.92 Å². The van der Waals surface area contributed by atoms with E-state index in [0.29, 0.717) is 23.9 Å². The second kappa shape index (κ2) is 7.14. The summed E-state index contributed by atoms with van der Waals surface area (Å²) >= 11 is 0. The van der Waals surface area contributed by atoms with Crippen LogP contribution in [-0.2, 0) is 4.79 Å². The van der Waals surface area contributed by atoms with Gasteiger partial charge in [-0.1, -0.05) is 18.2 Å². The zero-order valence-corrected chi connectivity index (χ0v) is 14.5. The first-order chi connectivity index (χ1) is 11.8. The summed E-state index contributed by atoms with van der Waals surface area (Å²) in [5.41, 5.74) is 1.28. The lowest BCUT2D eigenvalue weighted by Gasteiger charge is -2.30. The second-order valence-corrected chi connectivity index (χ2v) is 7.74. The first kappa shape index (κ1) is 15.9. The van der Waals surface area contributed by atoms with Gasteiger partial charge in [0, 0.05) is 50.4 Å². The van der Waals surface area contributed by atoms with E-state index in [4.69, 9.17) is 0 Å². The molecule has 2 atom stereocenters. The van der Waals surface area contributed by atoms with Gasteiger partial charge in [-0.15, -0.1) is 0 Å². The van der Waals surface area contributed by atoms with Gasteiger partial charge in [-0.2, -0.15) is 0 Å². The molecule has 0 aromatic heterocycles. The summed E-state index contributed by atoms with van der Waals surface area (Å²) in [6.07, 6.45) is 6.85. The first-order valence-electron chi connectivity index (χ1n) is 9.62. The maximum atomic E-state index is 12.8. The maximum absolute atomic E-state index is 12.8. The van der Waals surface area contributed by atoms with Gasteiger partial charge >= 0.3 is 0 Å². The minimum atomic E-state index is 0.385. The van der Waals surface area contributed by atoms with Crippen LogP contribution in [0.4, 0.5) is 5.69 Å². The van der Waals surface area contributed by atoms with Crippen molar-refractivity contribution in [3.8, 4) is 0 Å². The van der Waals surface area contributed by atoms with Crippen LogP contribution in [0.5, 0.6) is 0 Å². The number of benzene rings is 1. The van der Waals surface area contributed by atoms with E-state index < -0.39 is 0 Å². The van der Waals surface area contributed by atoms with E-state index >= 15 is 0 Å². The maximum Gasteiger partial charge on any atom is 0.222 e. The monoisotopic (exact) mass is 327 g/mol. The number of carbonyl (C=O) groups excluding carboxylic acids is 1. The quantitative estimate of drug-likeness (QED) is 0.927. The van der Waals surface area contributed by atoms with E-state index in [9.17, 15) is 4.79 Å². The Balaban J connectivity index is 1.31. The summed E-state index contributed by atoms with van der Waals surface area (Å²) in [6.45, 7) is 3.78. The molecule has 4 nitrogen and oxygen atoms in total. The molecule has 0 radical (unpaired) electrons. The molecule has 3 heterocycles. The number of nitrogens with one attached hydrogen (secondary N) is 1. The molecule has 1 aromatic rings. The van der Waals surface area contributed by atoms with E-state index in [0.717, 1.165) is 39.0 Å². The van der Waals surface area contributed by atoms with Crippen LogP contribution in [0.15, 0.2) is 30.3 Å². The molecule has 3 saturated heterocycles. The van der Waals surface area contributed by atoms with Gasteiger partial charge in [-0.05, 0) is 50.2 Å². The van der Waals surface area contributed by atoms with Crippen molar-refractivity contribution in [1.82, 2.24) is 10.2 Å². The SMILES string of the molecule is O=C(CC1CC2CCC(C1)N2)N1CCCN(c2ccccc2)CC1. The van der Waals surface area contributed by atoms with Gasteiger partial charge in [0.2, 0.25) is 5.91 Å². The molecule has 2 unspecified atom stereocenters. The Morgan fingerprint density at radius 1 is 1.00 bits per heavy atom. The Morgan fingerprint density at radius 2 is 1.75 bits per heavy atom. The van der Waals surface area contributed by atoms with E-state index in [2.05, 4.69) is 45.4 Å². The number of nitrogens with zero attached hydrogens (tertiary/aromatic N) is 2. The highest BCUT2D eigenvalue weighted by Crippen LogP contribution is 2.33. The number of amides is 1. The smallest absolute Gasteiger partial charge is 0.222 e. The molecule has 0 aliphatic carbocycles. The third kappa shape index (κ3) is 3.59. The molecule has 0 spiro atoms. The number of rotatable bonds is 3. The molecule has 24 heavy (non-hydrogen) atoms. The highest BCUT2D eigenvalue weighted by atomic mass is 16.2. The first-order valence-corrected chi connectivity index (χ1v) is 9.62. The Bertz CT molecular complexity index is 549.